The van der Waals surface area contributed by atoms with Gasteiger partial charge in [-0.1, -0.05) is 0 Å². The predicted molar refractivity (Wildman–Crippen MR) is 68.9 cm³/mol. The highest BCUT2D eigenvalue weighted by Gasteiger charge is 2.06. The van der Waals surface area contributed by atoms with Crippen LogP contribution in [0.2, 0.25) is 0 Å². The van der Waals surface area contributed by atoms with Crippen molar-refractivity contribution in [2.45, 2.75) is 26.6 Å². The van der Waals surface area contributed by atoms with Crippen molar-refractivity contribution in [2.75, 3.05) is 0 Å². The monoisotopic (exact) mass is 273 g/mol. The highest BCUT2D eigenvalue weighted by atomic mass is 35.5. The quantitative estimate of drug-likeness (QED) is 0.898. The molecule has 100 valence electrons. The van der Waals surface area contributed by atoms with Crippen LogP contribution in [0.4, 0.5) is 4.39 Å². The van der Waals surface area contributed by atoms with E-state index >= 15 is 0 Å². The Kier molecular flexibility index (Phi) is 5.30. The van der Waals surface area contributed by atoms with Crippen LogP contribution in [0.15, 0.2) is 18.6 Å². The molecule has 0 saturated heterocycles. The van der Waals surface area contributed by atoms with Crippen LogP contribution in [0.25, 0.3) is 0 Å². The van der Waals surface area contributed by atoms with Gasteiger partial charge in [0.2, 0.25) is 5.95 Å². The van der Waals surface area contributed by atoms with E-state index in [-0.39, 0.29) is 18.4 Å². The molecule has 5 nitrogen and oxygen atoms in total. The molecule has 0 unspecified atom stereocenters. The third-order valence-corrected chi connectivity index (χ3v) is 2.59. The van der Waals surface area contributed by atoms with E-state index in [4.69, 9.17) is 0 Å². The Hall–Kier alpha value is -1.40. The molecule has 2 aromatic rings. The van der Waals surface area contributed by atoms with Gasteiger partial charge in [-0.3, -0.25) is 4.68 Å². The molecule has 2 aromatic heterocycles. The maximum atomic E-state index is 13.4. The summed E-state index contributed by atoms with van der Waals surface area (Å²) in [7, 11) is 1.59. The maximum Gasteiger partial charge on any atom is 0.215 e. The fourth-order valence-electron chi connectivity index (χ4n) is 1.60. The van der Waals surface area contributed by atoms with Gasteiger partial charge in [0.1, 0.15) is 0 Å². The molecule has 0 bridgehead atoms. The van der Waals surface area contributed by atoms with Gasteiger partial charge < -0.3 is 5.32 Å². The van der Waals surface area contributed by atoms with E-state index in [2.05, 4.69) is 15.5 Å². The highest BCUT2D eigenvalue weighted by Crippen LogP contribution is 2.05. The molecule has 0 spiro atoms. The van der Waals surface area contributed by atoms with Crippen LogP contribution in [0, 0.1) is 5.95 Å². The van der Waals surface area contributed by atoms with Crippen LogP contribution < -0.4 is 5.32 Å². The van der Waals surface area contributed by atoms with Crippen molar-refractivity contribution in [1.82, 2.24) is 24.9 Å². The lowest BCUT2D eigenvalue weighted by Crippen LogP contribution is -2.13. The lowest BCUT2D eigenvalue weighted by molar-refractivity contribution is 0.489. The number of hydrogen-bond donors (Lipinski definition) is 1. The molecular formula is C11H17ClFN5. The Labute approximate surface area is 111 Å². The van der Waals surface area contributed by atoms with E-state index in [0.717, 1.165) is 12.1 Å². The fraction of sp³-hybridized carbons (Fsp3) is 0.455. The molecular weight excluding hydrogens is 257 g/mol. The molecule has 0 amide bonds. The van der Waals surface area contributed by atoms with E-state index in [0.29, 0.717) is 18.7 Å². The van der Waals surface area contributed by atoms with Crippen molar-refractivity contribution in [2.24, 2.45) is 7.05 Å². The average Bonchev–Trinajstić information content (AvgIpc) is 2.90. The van der Waals surface area contributed by atoms with Crippen molar-refractivity contribution in [1.29, 1.82) is 0 Å². The van der Waals surface area contributed by atoms with Gasteiger partial charge in [-0.2, -0.15) is 14.6 Å². The van der Waals surface area contributed by atoms with E-state index in [9.17, 15) is 4.39 Å². The zero-order valence-corrected chi connectivity index (χ0v) is 11.2. The fourth-order valence-corrected chi connectivity index (χ4v) is 1.60. The first-order chi connectivity index (χ1) is 8.20. The van der Waals surface area contributed by atoms with Gasteiger partial charge in [-0.05, 0) is 6.92 Å². The zero-order valence-electron chi connectivity index (χ0n) is 10.4. The van der Waals surface area contributed by atoms with Gasteiger partial charge >= 0.3 is 0 Å². The number of hydrogen-bond acceptors (Lipinski definition) is 3. The van der Waals surface area contributed by atoms with Crippen LogP contribution in [-0.4, -0.2) is 19.6 Å². The Bertz CT molecular complexity index is 493. The predicted octanol–water partition coefficient (Wildman–Crippen LogP) is 1.49. The van der Waals surface area contributed by atoms with Gasteiger partial charge in [0.15, 0.2) is 0 Å². The van der Waals surface area contributed by atoms with Crippen molar-refractivity contribution < 1.29 is 4.39 Å². The second-order valence-corrected chi connectivity index (χ2v) is 3.89. The van der Waals surface area contributed by atoms with Gasteiger partial charge in [0.25, 0.3) is 0 Å². The first kappa shape index (κ1) is 14.7. The Morgan fingerprint density at radius 2 is 2.06 bits per heavy atom. The molecule has 0 aliphatic rings. The molecule has 2 heterocycles. The van der Waals surface area contributed by atoms with Gasteiger partial charge in [0, 0.05) is 44.0 Å². The van der Waals surface area contributed by atoms with Crippen LogP contribution >= 0.6 is 12.4 Å². The normalized spacial score (nSPS) is 10.4. The minimum Gasteiger partial charge on any atom is -0.308 e. The molecule has 0 aliphatic heterocycles. The SMILES string of the molecule is CCn1cc(CNCc2cnn(C)c2F)cn1.Cl. The molecule has 0 fully saturated rings. The molecule has 0 aliphatic carbocycles. The second kappa shape index (κ2) is 6.51. The topological polar surface area (TPSA) is 47.7 Å². The summed E-state index contributed by atoms with van der Waals surface area (Å²) in [6, 6.07) is 0. The minimum absolute atomic E-state index is 0. The summed E-state index contributed by atoms with van der Waals surface area (Å²) >= 11 is 0. The third kappa shape index (κ3) is 3.30. The van der Waals surface area contributed by atoms with E-state index in [1.807, 2.05) is 24.0 Å². The summed E-state index contributed by atoms with van der Waals surface area (Å²) in [5.41, 5.74) is 1.67. The Balaban J connectivity index is 0.00000162. The van der Waals surface area contributed by atoms with Crippen molar-refractivity contribution >= 4 is 12.4 Å². The number of aryl methyl sites for hydroxylation is 2. The smallest absolute Gasteiger partial charge is 0.215 e. The Morgan fingerprint density at radius 3 is 2.61 bits per heavy atom. The number of nitrogens with one attached hydrogen (secondary N) is 1. The summed E-state index contributed by atoms with van der Waals surface area (Å²) < 4.78 is 16.5. The first-order valence-corrected chi connectivity index (χ1v) is 5.59. The maximum absolute atomic E-state index is 13.4. The van der Waals surface area contributed by atoms with Gasteiger partial charge in [0.05, 0.1) is 12.4 Å². The average molecular weight is 274 g/mol. The summed E-state index contributed by atoms with van der Waals surface area (Å²) in [4.78, 5) is 0. The summed E-state index contributed by atoms with van der Waals surface area (Å²) in [6.45, 7) is 4.04. The molecule has 18 heavy (non-hydrogen) atoms. The van der Waals surface area contributed by atoms with Gasteiger partial charge in [-0.15, -0.1) is 12.4 Å². The molecule has 0 radical (unpaired) electrons. The summed E-state index contributed by atoms with van der Waals surface area (Å²) in [6.07, 6.45) is 5.33. The lowest BCUT2D eigenvalue weighted by atomic mass is 10.3. The number of aromatic nitrogens is 4. The minimum atomic E-state index is -0.290. The highest BCUT2D eigenvalue weighted by molar-refractivity contribution is 5.85. The lowest BCUT2D eigenvalue weighted by Gasteiger charge is -2.00. The first-order valence-electron chi connectivity index (χ1n) is 5.59. The summed E-state index contributed by atoms with van der Waals surface area (Å²) in [5.74, 6) is -0.290. The van der Waals surface area contributed by atoms with Gasteiger partial charge in [-0.25, -0.2) is 4.68 Å². The van der Waals surface area contributed by atoms with Crippen LogP contribution in [0.3, 0.4) is 0 Å². The van der Waals surface area contributed by atoms with Crippen molar-refractivity contribution in [3.05, 3.63) is 35.7 Å². The standard InChI is InChI=1S/C11H16FN5.ClH/c1-3-17-8-9(5-15-17)4-13-6-10-7-14-16(2)11(10)12;/h5,7-8,13H,3-4,6H2,1-2H3;1H. The summed E-state index contributed by atoms with van der Waals surface area (Å²) in [5, 5.41) is 11.2. The van der Waals surface area contributed by atoms with Crippen molar-refractivity contribution in [3.8, 4) is 0 Å². The second-order valence-electron chi connectivity index (χ2n) is 3.89. The molecule has 2 rings (SSSR count). The molecule has 0 aromatic carbocycles. The van der Waals surface area contributed by atoms with E-state index in [1.165, 1.54) is 10.9 Å². The van der Waals surface area contributed by atoms with E-state index < -0.39 is 0 Å². The van der Waals surface area contributed by atoms with Crippen LogP contribution in [0.5, 0.6) is 0 Å². The molecule has 1 N–H and O–H groups in total. The van der Waals surface area contributed by atoms with E-state index in [1.54, 1.807) is 7.05 Å². The van der Waals surface area contributed by atoms with Crippen molar-refractivity contribution in [3.63, 3.8) is 0 Å². The molecule has 0 saturated carbocycles. The number of nitrogens with zero attached hydrogens (tertiary/aromatic N) is 4. The number of halogens is 2. The van der Waals surface area contributed by atoms with Crippen LogP contribution in [-0.2, 0) is 26.7 Å². The molecule has 0 atom stereocenters. The number of rotatable bonds is 5. The third-order valence-electron chi connectivity index (χ3n) is 2.59. The van der Waals surface area contributed by atoms with Crippen LogP contribution in [0.1, 0.15) is 18.1 Å². The largest absolute Gasteiger partial charge is 0.308 e. The molecule has 7 heteroatoms. The zero-order chi connectivity index (χ0) is 12.3. The Morgan fingerprint density at radius 1 is 1.28 bits per heavy atom.